The lowest BCUT2D eigenvalue weighted by atomic mass is 9.90. The fourth-order valence-electron chi connectivity index (χ4n) is 2.52. The summed E-state index contributed by atoms with van der Waals surface area (Å²) in [5, 5.41) is 13.5. The molecule has 0 spiro atoms. The second kappa shape index (κ2) is 10.4. The lowest BCUT2D eigenvalue weighted by molar-refractivity contribution is -0.147. The van der Waals surface area contributed by atoms with E-state index in [-0.39, 0.29) is 18.4 Å². The van der Waals surface area contributed by atoms with Crippen molar-refractivity contribution in [1.29, 1.82) is 0 Å². The Morgan fingerprint density at radius 1 is 1.25 bits per heavy atom. The molecule has 0 bridgehead atoms. The van der Waals surface area contributed by atoms with Crippen LogP contribution in [0.4, 0.5) is 0 Å². The first-order valence-electron chi connectivity index (χ1n) is 8.74. The Morgan fingerprint density at radius 3 is 2.42 bits per heavy atom. The largest absolute Gasteiger partial charge is 0.465 e. The number of hydrogen-bond donors (Lipinski definition) is 3. The lowest BCUT2D eigenvalue weighted by Crippen LogP contribution is -2.51. The molecule has 0 aliphatic rings. The van der Waals surface area contributed by atoms with Crippen LogP contribution in [0.5, 0.6) is 0 Å². The van der Waals surface area contributed by atoms with Gasteiger partial charge in [0.25, 0.3) is 0 Å². The molecule has 1 aromatic carbocycles. The Labute approximate surface area is 145 Å². The van der Waals surface area contributed by atoms with Gasteiger partial charge in [-0.1, -0.05) is 51.1 Å². The first-order chi connectivity index (χ1) is 11.4. The normalized spacial score (nSPS) is 16.5. The van der Waals surface area contributed by atoms with Crippen molar-refractivity contribution in [3.05, 3.63) is 35.9 Å². The van der Waals surface area contributed by atoms with Gasteiger partial charge in [0.2, 0.25) is 0 Å². The van der Waals surface area contributed by atoms with Crippen LogP contribution >= 0.6 is 0 Å². The number of aliphatic hydroxyl groups is 1. The van der Waals surface area contributed by atoms with Crippen molar-refractivity contribution < 1.29 is 14.6 Å². The summed E-state index contributed by atoms with van der Waals surface area (Å²) in [5.74, 6) is 0.145. The van der Waals surface area contributed by atoms with Crippen LogP contribution in [0.2, 0.25) is 0 Å². The predicted octanol–water partition coefficient (Wildman–Crippen LogP) is 1.73. The number of rotatable bonds is 10. The van der Waals surface area contributed by atoms with Gasteiger partial charge in [-0.3, -0.25) is 4.79 Å². The highest BCUT2D eigenvalue weighted by Crippen LogP contribution is 2.16. The first-order valence-corrected chi connectivity index (χ1v) is 8.74. The van der Waals surface area contributed by atoms with Gasteiger partial charge in [-0.15, -0.1) is 0 Å². The third-order valence-corrected chi connectivity index (χ3v) is 4.47. The molecule has 0 amide bonds. The van der Waals surface area contributed by atoms with Crippen molar-refractivity contribution in [2.24, 2.45) is 17.6 Å². The monoisotopic (exact) mass is 336 g/mol. The Bertz CT molecular complexity index is 479. The van der Waals surface area contributed by atoms with Crippen molar-refractivity contribution in [1.82, 2.24) is 5.32 Å². The third-order valence-electron chi connectivity index (χ3n) is 4.47. The molecule has 4 atom stereocenters. The average molecular weight is 336 g/mol. The number of nitrogens with two attached hydrogens (primary N) is 1. The van der Waals surface area contributed by atoms with Crippen molar-refractivity contribution in [3.8, 4) is 0 Å². The maximum atomic E-state index is 12.2. The van der Waals surface area contributed by atoms with Crippen LogP contribution in [0, 0.1) is 11.8 Å². The molecule has 0 saturated heterocycles. The molecule has 24 heavy (non-hydrogen) atoms. The molecule has 0 saturated carbocycles. The molecule has 136 valence electrons. The second-order valence-corrected chi connectivity index (χ2v) is 6.66. The number of aliphatic hydroxyl groups excluding tert-OH is 1. The SMILES string of the molecule is CCOC(=O)[C@@H](NC[C@@H](O)[C@H](N)Cc1ccccc1)C(C)C(C)C. The summed E-state index contributed by atoms with van der Waals surface area (Å²) in [4.78, 5) is 12.2. The quantitative estimate of drug-likeness (QED) is 0.567. The van der Waals surface area contributed by atoms with Gasteiger partial charge in [0.05, 0.1) is 12.7 Å². The van der Waals surface area contributed by atoms with E-state index in [9.17, 15) is 9.90 Å². The number of esters is 1. The molecule has 1 aromatic rings. The van der Waals surface area contributed by atoms with E-state index in [4.69, 9.17) is 10.5 Å². The Kier molecular flexibility index (Phi) is 8.97. The van der Waals surface area contributed by atoms with Gasteiger partial charge in [0.15, 0.2) is 0 Å². The topological polar surface area (TPSA) is 84.6 Å². The molecule has 1 rings (SSSR count). The van der Waals surface area contributed by atoms with E-state index < -0.39 is 18.2 Å². The number of benzene rings is 1. The summed E-state index contributed by atoms with van der Waals surface area (Å²) < 4.78 is 5.15. The van der Waals surface area contributed by atoms with Gasteiger partial charge < -0.3 is 20.9 Å². The highest BCUT2D eigenvalue weighted by molar-refractivity contribution is 5.76. The van der Waals surface area contributed by atoms with Crippen LogP contribution in [-0.2, 0) is 16.0 Å². The van der Waals surface area contributed by atoms with Gasteiger partial charge in [-0.2, -0.15) is 0 Å². The molecule has 0 heterocycles. The van der Waals surface area contributed by atoms with Crippen molar-refractivity contribution >= 4 is 5.97 Å². The molecule has 0 fully saturated rings. The summed E-state index contributed by atoms with van der Waals surface area (Å²) in [5.41, 5.74) is 7.18. The van der Waals surface area contributed by atoms with E-state index in [0.717, 1.165) is 5.56 Å². The highest BCUT2D eigenvalue weighted by Gasteiger charge is 2.29. The van der Waals surface area contributed by atoms with Gasteiger partial charge in [0.1, 0.15) is 6.04 Å². The molecule has 1 unspecified atom stereocenters. The molecule has 0 aliphatic carbocycles. The zero-order valence-corrected chi connectivity index (χ0v) is 15.2. The summed E-state index contributed by atoms with van der Waals surface area (Å²) in [7, 11) is 0. The molecular formula is C19H32N2O3. The van der Waals surface area contributed by atoms with E-state index in [1.807, 2.05) is 37.3 Å². The molecule has 4 N–H and O–H groups in total. The van der Waals surface area contributed by atoms with E-state index in [1.165, 1.54) is 0 Å². The third kappa shape index (κ3) is 6.59. The van der Waals surface area contributed by atoms with E-state index in [0.29, 0.717) is 18.9 Å². The Balaban J connectivity index is 2.59. The summed E-state index contributed by atoms with van der Waals surface area (Å²) in [6.45, 7) is 8.54. The number of carbonyl (C=O) groups is 1. The minimum atomic E-state index is -0.735. The summed E-state index contributed by atoms with van der Waals surface area (Å²) in [6, 6.07) is 9.00. The number of nitrogens with one attached hydrogen (secondary N) is 1. The smallest absolute Gasteiger partial charge is 0.323 e. The van der Waals surface area contributed by atoms with Crippen molar-refractivity contribution in [2.75, 3.05) is 13.2 Å². The molecule has 0 radical (unpaired) electrons. The maximum absolute atomic E-state index is 12.2. The summed E-state index contributed by atoms with van der Waals surface area (Å²) in [6.07, 6.45) is -0.144. The second-order valence-electron chi connectivity index (χ2n) is 6.66. The molecule has 5 nitrogen and oxygen atoms in total. The maximum Gasteiger partial charge on any atom is 0.323 e. The van der Waals surface area contributed by atoms with Crippen LogP contribution in [0.3, 0.4) is 0 Å². The van der Waals surface area contributed by atoms with Crippen LogP contribution in [0.1, 0.15) is 33.3 Å². The zero-order valence-electron chi connectivity index (χ0n) is 15.2. The van der Waals surface area contributed by atoms with Crippen LogP contribution in [0.25, 0.3) is 0 Å². The lowest BCUT2D eigenvalue weighted by Gasteiger charge is -2.28. The van der Waals surface area contributed by atoms with E-state index in [1.54, 1.807) is 6.92 Å². The Morgan fingerprint density at radius 2 is 1.88 bits per heavy atom. The van der Waals surface area contributed by atoms with Gasteiger partial charge in [-0.05, 0) is 30.7 Å². The van der Waals surface area contributed by atoms with Crippen LogP contribution in [0.15, 0.2) is 30.3 Å². The molecule has 0 aromatic heterocycles. The van der Waals surface area contributed by atoms with E-state index >= 15 is 0 Å². The summed E-state index contributed by atoms with van der Waals surface area (Å²) >= 11 is 0. The number of hydrogen-bond acceptors (Lipinski definition) is 5. The number of carbonyl (C=O) groups excluding carboxylic acids is 1. The van der Waals surface area contributed by atoms with Gasteiger partial charge in [0, 0.05) is 12.6 Å². The fraction of sp³-hybridized carbons (Fsp3) is 0.632. The fourth-order valence-corrected chi connectivity index (χ4v) is 2.52. The standard InChI is InChI=1S/C19H32N2O3/c1-5-24-19(23)18(14(4)13(2)3)21-12-17(22)16(20)11-15-9-7-6-8-10-15/h6-10,13-14,16-18,21-22H,5,11-12,20H2,1-4H3/t14?,16-,17-,18+/m1/s1. The van der Waals surface area contributed by atoms with Crippen molar-refractivity contribution in [2.45, 2.75) is 52.3 Å². The van der Waals surface area contributed by atoms with E-state index in [2.05, 4.69) is 19.2 Å². The predicted molar refractivity (Wildman–Crippen MR) is 96.6 cm³/mol. The minimum Gasteiger partial charge on any atom is -0.465 e. The van der Waals surface area contributed by atoms with Gasteiger partial charge >= 0.3 is 5.97 Å². The first kappa shape index (κ1) is 20.6. The van der Waals surface area contributed by atoms with Crippen LogP contribution in [-0.4, -0.2) is 42.4 Å². The van der Waals surface area contributed by atoms with Gasteiger partial charge in [-0.25, -0.2) is 0 Å². The zero-order chi connectivity index (χ0) is 18.1. The van der Waals surface area contributed by atoms with Crippen LogP contribution < -0.4 is 11.1 Å². The highest BCUT2D eigenvalue weighted by atomic mass is 16.5. The number of ether oxygens (including phenoxy) is 1. The van der Waals surface area contributed by atoms with Crippen molar-refractivity contribution in [3.63, 3.8) is 0 Å². The average Bonchev–Trinajstić information content (AvgIpc) is 2.55. The Hall–Kier alpha value is -1.43. The molecule has 5 heteroatoms. The minimum absolute atomic E-state index is 0.0987. The molecule has 0 aliphatic heterocycles. The molecular weight excluding hydrogens is 304 g/mol.